The highest BCUT2D eigenvalue weighted by Gasteiger charge is 2.02. The van der Waals surface area contributed by atoms with Gasteiger partial charge in [0.25, 0.3) is 0 Å². The van der Waals surface area contributed by atoms with Gasteiger partial charge < -0.3 is 0 Å². The molecule has 0 bridgehead atoms. The van der Waals surface area contributed by atoms with Gasteiger partial charge in [0.2, 0.25) is 0 Å². The minimum Gasteiger partial charge on any atom is -0.130 e. The first-order valence-corrected chi connectivity index (χ1v) is 6.19. The Labute approximate surface area is 78.2 Å². The molecule has 0 N–H and O–H groups in total. The molecule has 0 aromatic carbocycles. The van der Waals surface area contributed by atoms with E-state index in [1.54, 1.807) is 0 Å². The topological polar surface area (TPSA) is 0 Å². The molecule has 58 valence electrons. The molecule has 0 aliphatic rings. The Morgan fingerprint density at radius 2 is 2.09 bits per heavy atom. The van der Waals surface area contributed by atoms with Gasteiger partial charge in [-0.25, -0.2) is 0 Å². The van der Waals surface area contributed by atoms with Gasteiger partial charge in [0.05, 0.1) is 8.22 Å². The molecule has 0 saturated heterocycles. The number of thioether (sulfide) groups is 1. The van der Waals surface area contributed by atoms with Crippen LogP contribution in [0.2, 0.25) is 0 Å². The summed E-state index contributed by atoms with van der Waals surface area (Å²) < 4.78 is 2.89. The van der Waals surface area contributed by atoms with Crippen LogP contribution in [0.4, 0.5) is 0 Å². The summed E-state index contributed by atoms with van der Waals surface area (Å²) in [7, 11) is 0. The lowest BCUT2D eigenvalue weighted by molar-refractivity contribution is 1.65. The maximum Gasteiger partial charge on any atom is 0.0879 e. The summed E-state index contributed by atoms with van der Waals surface area (Å²) >= 11 is 5.62. The monoisotopic (exact) mass is 200 g/mol. The first kappa shape index (κ1) is 7.65. The smallest absolute Gasteiger partial charge is 0.0879 e. The lowest BCUT2D eigenvalue weighted by atomic mass is 10.4. The van der Waals surface area contributed by atoms with Gasteiger partial charge in [-0.2, -0.15) is 0 Å². The van der Waals surface area contributed by atoms with Gasteiger partial charge in [0, 0.05) is 10.3 Å². The van der Waals surface area contributed by atoms with Gasteiger partial charge in [-0.05, 0) is 25.3 Å². The van der Waals surface area contributed by atoms with Crippen LogP contribution in [0.3, 0.4) is 0 Å². The third-order valence-electron chi connectivity index (χ3n) is 1.52. The van der Waals surface area contributed by atoms with E-state index in [1.165, 1.54) is 18.5 Å². The fourth-order valence-electron chi connectivity index (χ4n) is 1.04. The third kappa shape index (κ3) is 1.33. The van der Waals surface area contributed by atoms with Crippen molar-refractivity contribution < 1.29 is 0 Å². The molecule has 0 nitrogen and oxygen atoms in total. The van der Waals surface area contributed by atoms with Crippen molar-refractivity contribution in [2.45, 2.75) is 11.1 Å². The molecular formula is C8H8S3. The summed E-state index contributed by atoms with van der Waals surface area (Å²) in [6.07, 6.45) is 2.13. The van der Waals surface area contributed by atoms with Crippen molar-refractivity contribution in [3.05, 3.63) is 17.0 Å². The van der Waals surface area contributed by atoms with Crippen LogP contribution in [0, 0.1) is 6.92 Å². The number of hydrogen-bond acceptors (Lipinski definition) is 3. The molecule has 2 aromatic heterocycles. The molecule has 0 unspecified atom stereocenters. The molecule has 0 aliphatic carbocycles. The Kier molecular flexibility index (Phi) is 1.95. The molecule has 0 fully saturated rings. The number of aryl methyl sites for hydroxylation is 1. The molecule has 0 spiro atoms. The fourth-order valence-corrected chi connectivity index (χ4v) is 4.18. The zero-order valence-electron chi connectivity index (χ0n) is 6.38. The van der Waals surface area contributed by atoms with E-state index in [0.717, 1.165) is 0 Å². The fraction of sp³-hybridized carbons (Fsp3) is 0.250. The normalized spacial score (nSPS) is 11.1. The first-order valence-electron chi connectivity index (χ1n) is 3.33. The van der Waals surface area contributed by atoms with Crippen LogP contribution in [-0.4, -0.2) is 6.26 Å². The number of thiophene rings is 2. The molecule has 0 atom stereocenters. The van der Waals surface area contributed by atoms with Crippen molar-refractivity contribution in [1.29, 1.82) is 0 Å². The minimum atomic E-state index is 1.42. The SMILES string of the molecule is CSc1cc2cc(C)sc2s1. The van der Waals surface area contributed by atoms with Crippen molar-refractivity contribution in [3.63, 3.8) is 0 Å². The van der Waals surface area contributed by atoms with E-state index in [9.17, 15) is 0 Å². The Morgan fingerprint density at radius 1 is 1.27 bits per heavy atom. The predicted octanol–water partition coefficient (Wildman–Crippen LogP) is 3.99. The largest absolute Gasteiger partial charge is 0.130 e. The molecule has 11 heavy (non-hydrogen) atoms. The number of rotatable bonds is 1. The van der Waals surface area contributed by atoms with Crippen LogP contribution in [0.15, 0.2) is 16.3 Å². The second-order valence-electron chi connectivity index (χ2n) is 2.37. The quantitative estimate of drug-likeness (QED) is 0.627. The van der Waals surface area contributed by atoms with Gasteiger partial charge in [-0.15, -0.1) is 34.4 Å². The standard InChI is InChI=1S/C8H8S3/c1-5-3-6-4-7(9-2)11-8(6)10-5/h3-4H,1-2H3. The van der Waals surface area contributed by atoms with Crippen LogP contribution in [0.25, 0.3) is 9.40 Å². The predicted molar refractivity (Wildman–Crippen MR) is 56.2 cm³/mol. The maximum atomic E-state index is 2.27. The molecule has 0 radical (unpaired) electrons. The zero-order chi connectivity index (χ0) is 7.84. The molecule has 2 heterocycles. The number of fused-ring (bicyclic) bond motifs is 1. The van der Waals surface area contributed by atoms with E-state index in [0.29, 0.717) is 0 Å². The molecule has 0 amide bonds. The van der Waals surface area contributed by atoms with Crippen LogP contribution < -0.4 is 0 Å². The Balaban J connectivity index is 2.64. The van der Waals surface area contributed by atoms with Crippen molar-refractivity contribution >= 4 is 43.8 Å². The second kappa shape index (κ2) is 2.81. The molecule has 2 aromatic rings. The molecular weight excluding hydrogens is 192 g/mol. The summed E-state index contributed by atoms with van der Waals surface area (Å²) in [4.78, 5) is 1.42. The first-order chi connectivity index (χ1) is 5.29. The van der Waals surface area contributed by atoms with Gasteiger partial charge in [-0.3, -0.25) is 0 Å². The van der Waals surface area contributed by atoms with E-state index in [1.807, 2.05) is 34.4 Å². The highest BCUT2D eigenvalue weighted by atomic mass is 32.2. The lowest BCUT2D eigenvalue weighted by Gasteiger charge is -1.81. The average molecular weight is 200 g/mol. The van der Waals surface area contributed by atoms with Gasteiger partial charge in [-0.1, -0.05) is 0 Å². The van der Waals surface area contributed by atoms with Crippen molar-refractivity contribution in [1.82, 2.24) is 0 Å². The van der Waals surface area contributed by atoms with Crippen molar-refractivity contribution in [2.75, 3.05) is 6.26 Å². The average Bonchev–Trinajstić information content (AvgIpc) is 2.43. The molecule has 0 saturated carbocycles. The summed E-state index contributed by atoms with van der Waals surface area (Å²) in [5.74, 6) is 0. The second-order valence-corrected chi connectivity index (χ2v) is 6.04. The summed E-state index contributed by atoms with van der Waals surface area (Å²) in [5.41, 5.74) is 0. The van der Waals surface area contributed by atoms with Gasteiger partial charge >= 0.3 is 0 Å². The van der Waals surface area contributed by atoms with E-state index in [2.05, 4.69) is 25.3 Å². The maximum absolute atomic E-state index is 2.27. The van der Waals surface area contributed by atoms with Crippen LogP contribution in [-0.2, 0) is 0 Å². The van der Waals surface area contributed by atoms with Gasteiger partial charge in [0.15, 0.2) is 0 Å². The summed E-state index contributed by atoms with van der Waals surface area (Å²) in [5, 5.41) is 1.42. The van der Waals surface area contributed by atoms with Crippen LogP contribution in [0.1, 0.15) is 4.88 Å². The van der Waals surface area contributed by atoms with E-state index in [-0.39, 0.29) is 0 Å². The highest BCUT2D eigenvalue weighted by Crippen LogP contribution is 2.36. The van der Waals surface area contributed by atoms with Crippen molar-refractivity contribution in [2.24, 2.45) is 0 Å². The van der Waals surface area contributed by atoms with E-state index in [4.69, 9.17) is 0 Å². The molecule has 2 rings (SSSR count). The number of hydrogen-bond donors (Lipinski definition) is 0. The van der Waals surface area contributed by atoms with Crippen LogP contribution in [0.5, 0.6) is 0 Å². The zero-order valence-corrected chi connectivity index (χ0v) is 8.83. The highest BCUT2D eigenvalue weighted by molar-refractivity contribution is 8.00. The van der Waals surface area contributed by atoms with Gasteiger partial charge in [0.1, 0.15) is 0 Å². The Hall–Kier alpha value is 0.01000. The minimum absolute atomic E-state index is 1.42. The van der Waals surface area contributed by atoms with E-state index < -0.39 is 0 Å². The van der Waals surface area contributed by atoms with Crippen LogP contribution >= 0.6 is 34.4 Å². The molecule has 3 heteroatoms. The Morgan fingerprint density at radius 3 is 2.73 bits per heavy atom. The lowest BCUT2D eigenvalue weighted by Crippen LogP contribution is -1.52. The van der Waals surface area contributed by atoms with E-state index >= 15 is 0 Å². The van der Waals surface area contributed by atoms with Crippen molar-refractivity contribution in [3.8, 4) is 0 Å². The molecule has 0 aliphatic heterocycles. The summed E-state index contributed by atoms with van der Waals surface area (Å²) in [6.45, 7) is 2.16. The Bertz CT molecular complexity index is 338. The summed E-state index contributed by atoms with van der Waals surface area (Å²) in [6, 6.07) is 4.53. The third-order valence-corrected chi connectivity index (χ3v) is 4.89.